The molecule has 0 radical (unpaired) electrons. The number of halogens is 1. The lowest BCUT2D eigenvalue weighted by molar-refractivity contribution is 0.0768. The zero-order valence-corrected chi connectivity index (χ0v) is 10.7. The Labute approximate surface area is 111 Å². The predicted molar refractivity (Wildman–Crippen MR) is 69.4 cm³/mol. The topological polar surface area (TPSA) is 63.2 Å². The second kappa shape index (κ2) is 6.44. The Kier molecular flexibility index (Phi) is 4.64. The molecule has 0 unspecified atom stereocenters. The molecule has 0 aromatic carbocycles. The molecule has 1 aliphatic carbocycles. The number of hydrogen-bond acceptors (Lipinski definition) is 4. The summed E-state index contributed by atoms with van der Waals surface area (Å²) < 4.78 is 5.28. The van der Waals surface area contributed by atoms with Gasteiger partial charge in [-0.05, 0) is 37.8 Å². The lowest BCUT2D eigenvalue weighted by Crippen LogP contribution is -2.34. The predicted octanol–water partition coefficient (Wildman–Crippen LogP) is 3.12. The van der Waals surface area contributed by atoms with E-state index in [-0.39, 0.29) is 6.10 Å². The first-order valence-corrected chi connectivity index (χ1v) is 6.46. The molecule has 1 fully saturated rings. The molecule has 1 aliphatic rings. The van der Waals surface area contributed by atoms with Gasteiger partial charge >= 0.3 is 6.09 Å². The summed E-state index contributed by atoms with van der Waals surface area (Å²) in [6, 6.07) is 3.44. The van der Waals surface area contributed by atoms with Crippen molar-refractivity contribution in [3.05, 3.63) is 23.5 Å². The SMILES string of the molecule is O=C(NNc1cccnc1Cl)OC1CCCCC1. The number of carbonyl (C=O) groups is 1. The average molecular weight is 270 g/mol. The molecular weight excluding hydrogens is 254 g/mol. The van der Waals surface area contributed by atoms with Crippen LogP contribution < -0.4 is 10.9 Å². The fraction of sp³-hybridized carbons (Fsp3) is 0.500. The molecule has 5 nitrogen and oxygen atoms in total. The van der Waals surface area contributed by atoms with Crippen molar-refractivity contribution in [1.29, 1.82) is 0 Å². The molecular formula is C12H16ClN3O2. The van der Waals surface area contributed by atoms with Crippen molar-refractivity contribution in [2.45, 2.75) is 38.2 Å². The number of ether oxygens (including phenoxy) is 1. The average Bonchev–Trinajstić information content (AvgIpc) is 2.39. The van der Waals surface area contributed by atoms with Gasteiger partial charge in [0, 0.05) is 6.20 Å². The molecule has 0 bridgehead atoms. The van der Waals surface area contributed by atoms with E-state index in [1.807, 2.05) is 0 Å². The maximum absolute atomic E-state index is 11.5. The molecule has 0 atom stereocenters. The van der Waals surface area contributed by atoms with Crippen LogP contribution in [0.1, 0.15) is 32.1 Å². The summed E-state index contributed by atoms with van der Waals surface area (Å²) in [5.41, 5.74) is 5.68. The van der Waals surface area contributed by atoms with Crippen molar-refractivity contribution in [3.8, 4) is 0 Å². The van der Waals surface area contributed by atoms with E-state index < -0.39 is 6.09 Å². The van der Waals surface area contributed by atoms with E-state index in [4.69, 9.17) is 16.3 Å². The molecule has 1 aromatic heterocycles. The summed E-state index contributed by atoms with van der Waals surface area (Å²) in [6.45, 7) is 0. The second-order valence-corrected chi connectivity index (χ2v) is 4.62. The van der Waals surface area contributed by atoms with Crippen molar-refractivity contribution in [2.24, 2.45) is 0 Å². The zero-order valence-electron chi connectivity index (χ0n) is 9.99. The lowest BCUT2D eigenvalue weighted by atomic mass is 9.98. The highest BCUT2D eigenvalue weighted by molar-refractivity contribution is 6.31. The first-order chi connectivity index (χ1) is 8.75. The number of hydrazine groups is 1. The fourth-order valence-corrected chi connectivity index (χ4v) is 2.13. The first kappa shape index (κ1) is 13.0. The van der Waals surface area contributed by atoms with Crippen molar-refractivity contribution in [3.63, 3.8) is 0 Å². The molecule has 1 heterocycles. The van der Waals surface area contributed by atoms with E-state index in [1.54, 1.807) is 18.3 Å². The Morgan fingerprint density at radius 3 is 2.89 bits per heavy atom. The number of aromatic nitrogens is 1. The summed E-state index contributed by atoms with van der Waals surface area (Å²) in [5.74, 6) is 0. The van der Waals surface area contributed by atoms with E-state index in [0.29, 0.717) is 10.8 Å². The van der Waals surface area contributed by atoms with Crippen LogP contribution >= 0.6 is 11.6 Å². The lowest BCUT2D eigenvalue weighted by Gasteiger charge is -2.22. The third kappa shape index (κ3) is 3.77. The monoisotopic (exact) mass is 269 g/mol. The van der Waals surface area contributed by atoms with Crippen LogP contribution in [0.3, 0.4) is 0 Å². The normalized spacial score (nSPS) is 16.1. The van der Waals surface area contributed by atoms with Crippen LogP contribution in [0.15, 0.2) is 18.3 Å². The molecule has 2 rings (SSSR count). The van der Waals surface area contributed by atoms with Gasteiger partial charge in [-0.25, -0.2) is 15.2 Å². The highest BCUT2D eigenvalue weighted by Gasteiger charge is 2.17. The maximum Gasteiger partial charge on any atom is 0.426 e. The molecule has 2 N–H and O–H groups in total. The quantitative estimate of drug-likeness (QED) is 0.654. The number of anilines is 1. The smallest absolute Gasteiger partial charge is 0.426 e. The molecule has 1 saturated carbocycles. The maximum atomic E-state index is 11.5. The Morgan fingerprint density at radius 1 is 1.39 bits per heavy atom. The third-order valence-corrected chi connectivity index (χ3v) is 3.19. The van der Waals surface area contributed by atoms with E-state index in [1.165, 1.54) is 6.42 Å². The standard InChI is InChI=1S/C12H16ClN3O2/c13-11-10(7-4-8-14-11)15-16-12(17)18-9-5-2-1-3-6-9/h4,7-9,15H,1-3,5-6H2,(H,16,17). The summed E-state index contributed by atoms with van der Waals surface area (Å²) in [6.07, 6.45) is 6.49. The van der Waals surface area contributed by atoms with Crippen molar-refractivity contribution < 1.29 is 9.53 Å². The van der Waals surface area contributed by atoms with E-state index >= 15 is 0 Å². The minimum atomic E-state index is -0.484. The van der Waals surface area contributed by atoms with Gasteiger partial charge in [0.15, 0.2) is 5.15 Å². The Hall–Kier alpha value is -1.49. The van der Waals surface area contributed by atoms with Crippen LogP contribution in [-0.4, -0.2) is 17.2 Å². The van der Waals surface area contributed by atoms with Gasteiger partial charge in [-0.1, -0.05) is 18.0 Å². The summed E-state index contributed by atoms with van der Waals surface area (Å²) in [5, 5.41) is 0.301. The van der Waals surface area contributed by atoms with Crippen molar-refractivity contribution >= 4 is 23.4 Å². The van der Waals surface area contributed by atoms with Gasteiger partial charge in [0.1, 0.15) is 6.10 Å². The number of rotatable bonds is 3. The zero-order chi connectivity index (χ0) is 12.8. The minimum absolute atomic E-state index is 0.0323. The van der Waals surface area contributed by atoms with Crippen LogP contribution in [0.4, 0.5) is 10.5 Å². The summed E-state index contributed by atoms with van der Waals surface area (Å²) >= 11 is 5.83. The fourth-order valence-electron chi connectivity index (χ4n) is 1.96. The van der Waals surface area contributed by atoms with E-state index in [0.717, 1.165) is 25.7 Å². The van der Waals surface area contributed by atoms with Crippen molar-refractivity contribution in [2.75, 3.05) is 5.43 Å². The number of hydrogen-bond donors (Lipinski definition) is 2. The van der Waals surface area contributed by atoms with Gasteiger partial charge in [-0.3, -0.25) is 5.43 Å². The van der Waals surface area contributed by atoms with Crippen LogP contribution in [-0.2, 0) is 4.74 Å². The molecule has 18 heavy (non-hydrogen) atoms. The van der Waals surface area contributed by atoms with Crippen LogP contribution in [0.5, 0.6) is 0 Å². The highest BCUT2D eigenvalue weighted by Crippen LogP contribution is 2.20. The Bertz CT molecular complexity index is 408. The number of nitrogens with zero attached hydrogens (tertiary/aromatic N) is 1. The van der Waals surface area contributed by atoms with Gasteiger partial charge in [0.2, 0.25) is 0 Å². The molecule has 0 aliphatic heterocycles. The minimum Gasteiger partial charge on any atom is -0.445 e. The van der Waals surface area contributed by atoms with E-state index in [2.05, 4.69) is 15.8 Å². The number of amides is 1. The van der Waals surface area contributed by atoms with Crippen LogP contribution in [0.2, 0.25) is 5.15 Å². The van der Waals surface area contributed by atoms with Gasteiger partial charge in [0.05, 0.1) is 5.69 Å². The summed E-state index contributed by atoms with van der Waals surface area (Å²) in [4.78, 5) is 15.4. The second-order valence-electron chi connectivity index (χ2n) is 4.26. The molecule has 98 valence electrons. The number of carbonyl (C=O) groups excluding carboxylic acids is 1. The molecule has 0 spiro atoms. The third-order valence-electron chi connectivity index (χ3n) is 2.88. The van der Waals surface area contributed by atoms with Crippen LogP contribution in [0.25, 0.3) is 0 Å². The van der Waals surface area contributed by atoms with Gasteiger partial charge in [0.25, 0.3) is 0 Å². The number of nitrogens with one attached hydrogen (secondary N) is 2. The molecule has 6 heteroatoms. The molecule has 1 amide bonds. The number of pyridine rings is 1. The molecule has 1 aromatic rings. The summed E-state index contributed by atoms with van der Waals surface area (Å²) in [7, 11) is 0. The van der Waals surface area contributed by atoms with Gasteiger partial charge in [-0.2, -0.15) is 0 Å². The van der Waals surface area contributed by atoms with Gasteiger partial charge in [-0.15, -0.1) is 0 Å². The van der Waals surface area contributed by atoms with Gasteiger partial charge < -0.3 is 4.74 Å². The highest BCUT2D eigenvalue weighted by atomic mass is 35.5. The first-order valence-electron chi connectivity index (χ1n) is 6.09. The Morgan fingerprint density at radius 2 is 2.17 bits per heavy atom. The van der Waals surface area contributed by atoms with E-state index in [9.17, 15) is 4.79 Å². The largest absolute Gasteiger partial charge is 0.445 e. The molecule has 0 saturated heterocycles. The van der Waals surface area contributed by atoms with Crippen LogP contribution in [0, 0.1) is 0 Å². The van der Waals surface area contributed by atoms with Crippen molar-refractivity contribution in [1.82, 2.24) is 10.4 Å². The Balaban J connectivity index is 1.76.